The van der Waals surface area contributed by atoms with Gasteiger partial charge in [0.1, 0.15) is 0 Å². The molecule has 0 aliphatic carbocycles. The Bertz CT molecular complexity index is 411. The smallest absolute Gasteiger partial charge is 0.220 e. The van der Waals surface area contributed by atoms with E-state index in [1.807, 2.05) is 13.0 Å². The van der Waals surface area contributed by atoms with E-state index in [9.17, 15) is 4.79 Å². The lowest BCUT2D eigenvalue weighted by molar-refractivity contribution is -0.122. The van der Waals surface area contributed by atoms with Crippen LogP contribution >= 0.6 is 0 Å². The molecule has 2 N–H and O–H groups in total. The van der Waals surface area contributed by atoms with Crippen molar-refractivity contribution in [3.05, 3.63) is 35.4 Å². The second kappa shape index (κ2) is 6.01. The van der Waals surface area contributed by atoms with Gasteiger partial charge in [0.05, 0.1) is 6.04 Å². The second-order valence-corrected chi connectivity index (χ2v) is 5.27. The fourth-order valence-corrected chi connectivity index (χ4v) is 2.47. The number of carbonyl (C=O) groups excluding carboxylic acids is 1. The van der Waals surface area contributed by atoms with Gasteiger partial charge in [-0.2, -0.15) is 0 Å². The highest BCUT2D eigenvalue weighted by molar-refractivity contribution is 5.76. The molecule has 1 aromatic rings. The average molecular weight is 246 g/mol. The Hall–Kier alpha value is -1.35. The van der Waals surface area contributed by atoms with Crippen LogP contribution in [0, 0.1) is 12.8 Å². The van der Waals surface area contributed by atoms with Crippen LogP contribution in [0.1, 0.15) is 36.9 Å². The molecule has 1 amide bonds. The van der Waals surface area contributed by atoms with Crippen molar-refractivity contribution in [3.63, 3.8) is 0 Å². The van der Waals surface area contributed by atoms with Gasteiger partial charge in [-0.1, -0.05) is 29.8 Å². The quantitative estimate of drug-likeness (QED) is 0.855. The summed E-state index contributed by atoms with van der Waals surface area (Å²) in [5.41, 5.74) is 2.40. The summed E-state index contributed by atoms with van der Waals surface area (Å²) in [5.74, 6) is 0.674. The molecule has 0 saturated carbocycles. The van der Waals surface area contributed by atoms with Gasteiger partial charge in [-0.3, -0.25) is 4.79 Å². The lowest BCUT2D eigenvalue weighted by atomic mass is 10.0. The first-order chi connectivity index (χ1) is 8.65. The van der Waals surface area contributed by atoms with Crippen LogP contribution in [0.3, 0.4) is 0 Å². The van der Waals surface area contributed by atoms with Crippen molar-refractivity contribution in [2.24, 2.45) is 5.92 Å². The van der Waals surface area contributed by atoms with E-state index in [1.165, 1.54) is 11.1 Å². The fourth-order valence-electron chi connectivity index (χ4n) is 2.47. The molecule has 18 heavy (non-hydrogen) atoms. The summed E-state index contributed by atoms with van der Waals surface area (Å²) in [6.45, 7) is 6.14. The number of hydrogen-bond donors (Lipinski definition) is 2. The monoisotopic (exact) mass is 246 g/mol. The van der Waals surface area contributed by atoms with Gasteiger partial charge in [0.15, 0.2) is 0 Å². The second-order valence-electron chi connectivity index (χ2n) is 5.27. The number of aryl methyl sites for hydroxylation is 1. The van der Waals surface area contributed by atoms with E-state index in [-0.39, 0.29) is 11.9 Å². The van der Waals surface area contributed by atoms with Crippen molar-refractivity contribution < 1.29 is 4.79 Å². The molecule has 98 valence electrons. The summed E-state index contributed by atoms with van der Waals surface area (Å²) < 4.78 is 0. The Morgan fingerprint density at radius 3 is 3.06 bits per heavy atom. The summed E-state index contributed by atoms with van der Waals surface area (Å²) in [7, 11) is 0. The Labute approximate surface area is 109 Å². The van der Waals surface area contributed by atoms with Crippen molar-refractivity contribution in [2.75, 3.05) is 13.1 Å². The largest absolute Gasteiger partial charge is 0.350 e. The van der Waals surface area contributed by atoms with Crippen LogP contribution in [0.25, 0.3) is 0 Å². The zero-order valence-corrected chi connectivity index (χ0v) is 11.2. The molecule has 3 nitrogen and oxygen atoms in total. The van der Waals surface area contributed by atoms with Crippen LogP contribution in [-0.4, -0.2) is 19.0 Å². The molecule has 1 unspecified atom stereocenters. The minimum Gasteiger partial charge on any atom is -0.350 e. The molecule has 0 aromatic heterocycles. The van der Waals surface area contributed by atoms with Crippen LogP contribution in [0.4, 0.5) is 0 Å². The third kappa shape index (κ3) is 3.57. The van der Waals surface area contributed by atoms with Crippen molar-refractivity contribution in [3.8, 4) is 0 Å². The van der Waals surface area contributed by atoms with Crippen molar-refractivity contribution in [1.82, 2.24) is 10.6 Å². The normalized spacial score (nSPS) is 20.7. The number of amides is 1. The predicted octanol–water partition coefficient (Wildman–Crippen LogP) is 2.17. The third-order valence-corrected chi connectivity index (χ3v) is 3.56. The molecule has 1 fully saturated rings. The van der Waals surface area contributed by atoms with Crippen LogP contribution in [0.2, 0.25) is 0 Å². The Morgan fingerprint density at radius 1 is 1.56 bits per heavy atom. The first kappa shape index (κ1) is 13.1. The van der Waals surface area contributed by atoms with Gasteiger partial charge in [0, 0.05) is 6.42 Å². The molecule has 1 heterocycles. The van der Waals surface area contributed by atoms with E-state index in [0.29, 0.717) is 12.3 Å². The SMILES string of the molecule is Cc1cccc([C@@H](C)NC(=O)CC2CCNC2)c1. The van der Waals surface area contributed by atoms with Gasteiger partial charge in [0.25, 0.3) is 0 Å². The van der Waals surface area contributed by atoms with E-state index in [4.69, 9.17) is 0 Å². The van der Waals surface area contributed by atoms with Gasteiger partial charge in [-0.15, -0.1) is 0 Å². The number of hydrogen-bond acceptors (Lipinski definition) is 2. The molecule has 0 bridgehead atoms. The van der Waals surface area contributed by atoms with Gasteiger partial charge in [-0.05, 0) is 44.8 Å². The maximum absolute atomic E-state index is 11.9. The highest BCUT2D eigenvalue weighted by Crippen LogP contribution is 2.16. The van der Waals surface area contributed by atoms with E-state index >= 15 is 0 Å². The summed E-state index contributed by atoms with van der Waals surface area (Å²) in [6, 6.07) is 8.39. The van der Waals surface area contributed by atoms with E-state index in [1.54, 1.807) is 0 Å². The number of benzene rings is 1. The van der Waals surface area contributed by atoms with Crippen LogP contribution in [-0.2, 0) is 4.79 Å². The Balaban J connectivity index is 1.86. The van der Waals surface area contributed by atoms with Gasteiger partial charge in [-0.25, -0.2) is 0 Å². The summed E-state index contributed by atoms with van der Waals surface area (Å²) in [5, 5.41) is 6.37. The molecule has 1 aliphatic rings. The lowest BCUT2D eigenvalue weighted by Gasteiger charge is -2.16. The van der Waals surface area contributed by atoms with Gasteiger partial charge in [0.2, 0.25) is 5.91 Å². The fraction of sp³-hybridized carbons (Fsp3) is 0.533. The van der Waals surface area contributed by atoms with Crippen molar-refractivity contribution >= 4 is 5.91 Å². The standard InChI is InChI=1S/C15H22N2O/c1-11-4-3-5-14(8-11)12(2)17-15(18)9-13-6-7-16-10-13/h3-5,8,12-13,16H,6-7,9-10H2,1-2H3,(H,17,18)/t12-,13?/m1/s1. The minimum absolute atomic E-state index is 0.0896. The maximum Gasteiger partial charge on any atom is 0.220 e. The number of carbonyl (C=O) groups is 1. The average Bonchev–Trinajstić information content (AvgIpc) is 2.81. The van der Waals surface area contributed by atoms with Crippen LogP contribution < -0.4 is 10.6 Å². The molecule has 1 saturated heterocycles. The molecule has 3 heteroatoms. The summed E-state index contributed by atoms with van der Waals surface area (Å²) >= 11 is 0. The molecular weight excluding hydrogens is 224 g/mol. The molecule has 2 atom stereocenters. The topological polar surface area (TPSA) is 41.1 Å². The van der Waals surface area contributed by atoms with Crippen molar-refractivity contribution in [2.45, 2.75) is 32.7 Å². The summed E-state index contributed by atoms with van der Waals surface area (Å²) in [6.07, 6.45) is 1.76. The van der Waals surface area contributed by atoms with E-state index < -0.39 is 0 Å². The predicted molar refractivity (Wildman–Crippen MR) is 73.3 cm³/mol. The number of nitrogens with one attached hydrogen (secondary N) is 2. The zero-order chi connectivity index (χ0) is 13.0. The van der Waals surface area contributed by atoms with E-state index in [0.717, 1.165) is 19.5 Å². The molecule has 1 aliphatic heterocycles. The third-order valence-electron chi connectivity index (χ3n) is 3.56. The highest BCUT2D eigenvalue weighted by atomic mass is 16.1. The van der Waals surface area contributed by atoms with Gasteiger partial charge >= 0.3 is 0 Å². The molecular formula is C15H22N2O. The van der Waals surface area contributed by atoms with Crippen molar-refractivity contribution in [1.29, 1.82) is 0 Å². The molecule has 0 spiro atoms. The number of rotatable bonds is 4. The minimum atomic E-state index is 0.0896. The van der Waals surface area contributed by atoms with Crippen LogP contribution in [0.5, 0.6) is 0 Å². The molecule has 0 radical (unpaired) electrons. The zero-order valence-electron chi connectivity index (χ0n) is 11.2. The Kier molecular flexibility index (Phi) is 4.37. The first-order valence-corrected chi connectivity index (χ1v) is 6.72. The van der Waals surface area contributed by atoms with Gasteiger partial charge < -0.3 is 10.6 Å². The van der Waals surface area contributed by atoms with Crippen LogP contribution in [0.15, 0.2) is 24.3 Å². The lowest BCUT2D eigenvalue weighted by Crippen LogP contribution is -2.28. The molecule has 1 aromatic carbocycles. The highest BCUT2D eigenvalue weighted by Gasteiger charge is 2.19. The van der Waals surface area contributed by atoms with E-state index in [2.05, 4.69) is 35.8 Å². The summed E-state index contributed by atoms with van der Waals surface area (Å²) in [4.78, 5) is 11.9. The molecule has 2 rings (SSSR count). The Morgan fingerprint density at radius 2 is 2.39 bits per heavy atom. The first-order valence-electron chi connectivity index (χ1n) is 6.72. The maximum atomic E-state index is 11.9.